The Bertz CT molecular complexity index is 1040. The third-order valence-electron chi connectivity index (χ3n) is 6.56. The molecular formula is C27H32N2O6. The number of alkyl carbamates (subject to hydrolysis) is 1. The van der Waals surface area contributed by atoms with Crippen LogP contribution < -0.4 is 5.32 Å². The van der Waals surface area contributed by atoms with Crippen molar-refractivity contribution in [3.8, 4) is 11.1 Å². The van der Waals surface area contributed by atoms with Gasteiger partial charge in [-0.25, -0.2) is 4.79 Å². The minimum absolute atomic E-state index is 0.0772. The molecule has 4 rings (SSSR count). The second-order valence-corrected chi connectivity index (χ2v) is 9.51. The highest BCUT2D eigenvalue weighted by molar-refractivity contribution is 5.86. The van der Waals surface area contributed by atoms with Gasteiger partial charge in [-0.3, -0.25) is 9.59 Å². The first kappa shape index (κ1) is 24.7. The number of hydrogen-bond acceptors (Lipinski definition) is 5. The van der Waals surface area contributed by atoms with Gasteiger partial charge in [-0.1, -0.05) is 62.4 Å². The zero-order chi connectivity index (χ0) is 24.9. The van der Waals surface area contributed by atoms with Crippen LogP contribution in [0, 0.1) is 5.92 Å². The van der Waals surface area contributed by atoms with E-state index in [2.05, 4.69) is 17.4 Å². The van der Waals surface area contributed by atoms with Gasteiger partial charge in [0.25, 0.3) is 0 Å². The van der Waals surface area contributed by atoms with Gasteiger partial charge in [-0.05, 0) is 34.6 Å². The average Bonchev–Trinajstić information content (AvgIpc) is 3.15. The Morgan fingerprint density at radius 1 is 1.09 bits per heavy atom. The number of rotatable bonds is 8. The maximum Gasteiger partial charge on any atom is 0.407 e. The van der Waals surface area contributed by atoms with E-state index in [0.29, 0.717) is 13.0 Å². The second kappa shape index (κ2) is 10.9. The third kappa shape index (κ3) is 5.65. The van der Waals surface area contributed by atoms with Crippen LogP contribution in [0.5, 0.6) is 0 Å². The van der Waals surface area contributed by atoms with E-state index in [4.69, 9.17) is 9.47 Å². The normalized spacial score (nSPS) is 18.0. The number of ether oxygens (including phenoxy) is 2. The molecule has 1 aliphatic heterocycles. The molecule has 2 aromatic rings. The van der Waals surface area contributed by atoms with Crippen LogP contribution >= 0.6 is 0 Å². The molecule has 2 unspecified atom stereocenters. The SMILES string of the molecule is CC(C)CC(NC(=O)OCC1c2ccccc2-c2ccccc21)C(=O)N1CCOCC1CC(=O)O. The molecule has 0 spiro atoms. The number of carboxylic acids is 1. The summed E-state index contributed by atoms with van der Waals surface area (Å²) in [7, 11) is 0. The Morgan fingerprint density at radius 3 is 2.31 bits per heavy atom. The number of hydrogen-bond donors (Lipinski definition) is 2. The van der Waals surface area contributed by atoms with Crippen LogP contribution in [0.1, 0.15) is 43.7 Å². The summed E-state index contributed by atoms with van der Waals surface area (Å²) in [6, 6.07) is 14.8. The van der Waals surface area contributed by atoms with Crippen LogP contribution in [0.25, 0.3) is 11.1 Å². The van der Waals surface area contributed by atoms with E-state index in [0.717, 1.165) is 22.3 Å². The Balaban J connectivity index is 1.44. The number of carboxylic acid groups (broad SMARTS) is 1. The molecule has 8 heteroatoms. The lowest BCUT2D eigenvalue weighted by molar-refractivity contribution is -0.147. The van der Waals surface area contributed by atoms with Crippen molar-refractivity contribution in [1.29, 1.82) is 0 Å². The summed E-state index contributed by atoms with van der Waals surface area (Å²) in [5, 5.41) is 12.0. The summed E-state index contributed by atoms with van der Waals surface area (Å²) in [5.74, 6) is -1.24. The van der Waals surface area contributed by atoms with Gasteiger partial charge in [-0.2, -0.15) is 0 Å². The van der Waals surface area contributed by atoms with E-state index in [9.17, 15) is 19.5 Å². The van der Waals surface area contributed by atoms with Gasteiger partial charge in [0.2, 0.25) is 5.91 Å². The van der Waals surface area contributed by atoms with E-state index in [1.165, 1.54) is 4.90 Å². The fraction of sp³-hybridized carbons (Fsp3) is 0.444. The van der Waals surface area contributed by atoms with Crippen LogP contribution in [0.2, 0.25) is 0 Å². The Labute approximate surface area is 205 Å². The van der Waals surface area contributed by atoms with Gasteiger partial charge in [0.1, 0.15) is 12.6 Å². The highest BCUT2D eigenvalue weighted by Crippen LogP contribution is 2.44. The average molecular weight is 481 g/mol. The van der Waals surface area contributed by atoms with E-state index >= 15 is 0 Å². The molecule has 2 aliphatic rings. The lowest BCUT2D eigenvalue weighted by atomic mass is 9.98. The predicted octanol–water partition coefficient (Wildman–Crippen LogP) is 3.64. The molecule has 2 atom stereocenters. The number of amides is 2. The molecule has 186 valence electrons. The van der Waals surface area contributed by atoms with Crippen molar-refractivity contribution in [2.75, 3.05) is 26.4 Å². The molecule has 0 aromatic heterocycles. The molecule has 1 aliphatic carbocycles. The van der Waals surface area contributed by atoms with Crippen LogP contribution in [-0.2, 0) is 19.1 Å². The topological polar surface area (TPSA) is 105 Å². The first-order valence-electron chi connectivity index (χ1n) is 12.1. The molecule has 1 fully saturated rings. The minimum atomic E-state index is -0.997. The fourth-order valence-corrected chi connectivity index (χ4v) is 4.99. The number of benzene rings is 2. The monoisotopic (exact) mass is 480 g/mol. The Kier molecular flexibility index (Phi) is 7.70. The van der Waals surface area contributed by atoms with Gasteiger partial charge in [0, 0.05) is 12.5 Å². The third-order valence-corrected chi connectivity index (χ3v) is 6.56. The Morgan fingerprint density at radius 2 is 1.71 bits per heavy atom. The number of carbonyl (C=O) groups excluding carboxylic acids is 2. The molecule has 0 radical (unpaired) electrons. The largest absolute Gasteiger partial charge is 0.481 e. The number of nitrogens with zero attached hydrogens (tertiary/aromatic N) is 1. The van der Waals surface area contributed by atoms with Crippen molar-refractivity contribution < 1.29 is 29.0 Å². The van der Waals surface area contributed by atoms with Crippen LogP contribution in [0.15, 0.2) is 48.5 Å². The van der Waals surface area contributed by atoms with Crippen molar-refractivity contribution in [3.63, 3.8) is 0 Å². The summed E-state index contributed by atoms with van der Waals surface area (Å²) in [4.78, 5) is 39.0. The first-order chi connectivity index (χ1) is 16.8. The van der Waals surface area contributed by atoms with E-state index in [1.54, 1.807) is 0 Å². The lowest BCUT2D eigenvalue weighted by Crippen LogP contribution is -2.56. The smallest absolute Gasteiger partial charge is 0.407 e. The van der Waals surface area contributed by atoms with Crippen molar-refractivity contribution in [1.82, 2.24) is 10.2 Å². The predicted molar refractivity (Wildman–Crippen MR) is 130 cm³/mol. The molecule has 2 aromatic carbocycles. The lowest BCUT2D eigenvalue weighted by Gasteiger charge is -2.37. The molecule has 0 bridgehead atoms. The molecular weight excluding hydrogens is 448 g/mol. The zero-order valence-electron chi connectivity index (χ0n) is 20.1. The molecule has 0 saturated carbocycles. The van der Waals surface area contributed by atoms with Gasteiger partial charge in [0.05, 0.1) is 25.7 Å². The minimum Gasteiger partial charge on any atom is -0.481 e. The molecule has 35 heavy (non-hydrogen) atoms. The van der Waals surface area contributed by atoms with Crippen LogP contribution in [0.3, 0.4) is 0 Å². The van der Waals surface area contributed by atoms with Crippen LogP contribution in [0.4, 0.5) is 4.79 Å². The fourth-order valence-electron chi connectivity index (χ4n) is 4.99. The molecule has 1 saturated heterocycles. The zero-order valence-corrected chi connectivity index (χ0v) is 20.1. The van der Waals surface area contributed by atoms with Gasteiger partial charge >= 0.3 is 12.1 Å². The van der Waals surface area contributed by atoms with Gasteiger partial charge in [0.15, 0.2) is 0 Å². The second-order valence-electron chi connectivity index (χ2n) is 9.51. The molecule has 1 heterocycles. The standard InChI is InChI=1S/C27H32N2O6/c1-17(2)13-24(26(32)29-11-12-34-15-18(29)14-25(30)31)28-27(33)35-16-23-21-9-5-3-7-19(21)20-8-4-6-10-22(20)23/h3-10,17-18,23-24H,11-16H2,1-2H3,(H,28,33)(H,30,31). The summed E-state index contributed by atoms with van der Waals surface area (Å²) in [6.07, 6.45) is -0.445. The van der Waals surface area contributed by atoms with Gasteiger partial charge in [-0.15, -0.1) is 0 Å². The molecule has 8 nitrogen and oxygen atoms in total. The highest BCUT2D eigenvalue weighted by Gasteiger charge is 2.35. The van der Waals surface area contributed by atoms with E-state index in [1.807, 2.05) is 50.2 Å². The quantitative estimate of drug-likeness (QED) is 0.598. The number of carbonyl (C=O) groups is 3. The number of nitrogens with one attached hydrogen (secondary N) is 1. The van der Waals surface area contributed by atoms with Crippen molar-refractivity contribution >= 4 is 18.0 Å². The number of fused-ring (bicyclic) bond motifs is 3. The highest BCUT2D eigenvalue weighted by atomic mass is 16.5. The summed E-state index contributed by atoms with van der Waals surface area (Å²) >= 11 is 0. The molecule has 2 N–H and O–H groups in total. The maximum absolute atomic E-state index is 13.4. The summed E-state index contributed by atoms with van der Waals surface area (Å²) in [5.41, 5.74) is 4.51. The number of morpholine rings is 1. The maximum atomic E-state index is 13.4. The molecule has 2 amide bonds. The van der Waals surface area contributed by atoms with E-state index < -0.39 is 24.1 Å². The van der Waals surface area contributed by atoms with Gasteiger partial charge < -0.3 is 24.8 Å². The van der Waals surface area contributed by atoms with Crippen molar-refractivity contribution in [2.45, 2.75) is 44.7 Å². The number of aliphatic carboxylic acids is 1. The first-order valence-corrected chi connectivity index (χ1v) is 12.1. The summed E-state index contributed by atoms with van der Waals surface area (Å²) in [6.45, 7) is 4.87. The van der Waals surface area contributed by atoms with Crippen LogP contribution in [-0.4, -0.2) is 66.4 Å². The van der Waals surface area contributed by atoms with Crippen molar-refractivity contribution in [3.05, 3.63) is 59.7 Å². The Hall–Kier alpha value is -3.39. The van der Waals surface area contributed by atoms with E-state index in [-0.39, 0.29) is 43.9 Å². The summed E-state index contributed by atoms with van der Waals surface area (Å²) < 4.78 is 11.0. The van der Waals surface area contributed by atoms with Crippen molar-refractivity contribution in [2.24, 2.45) is 5.92 Å².